The molecule has 20 heavy (non-hydrogen) atoms. The van der Waals surface area contributed by atoms with Gasteiger partial charge >= 0.3 is 0 Å². The Hall–Kier alpha value is -1.52. The first-order valence-electron chi connectivity index (χ1n) is 7.36. The molecule has 0 saturated carbocycles. The summed E-state index contributed by atoms with van der Waals surface area (Å²) in [5.74, 6) is 1.04. The number of hydrogen-bond acceptors (Lipinski definition) is 3. The second-order valence-electron chi connectivity index (χ2n) is 5.49. The Morgan fingerprint density at radius 2 is 2.05 bits per heavy atom. The summed E-state index contributed by atoms with van der Waals surface area (Å²) in [6.45, 7) is 7.73. The molecule has 0 aliphatic carbocycles. The fourth-order valence-electron chi connectivity index (χ4n) is 3.04. The number of aromatic amines is 1. The van der Waals surface area contributed by atoms with Crippen LogP contribution in [0, 0.1) is 6.92 Å². The van der Waals surface area contributed by atoms with Crippen LogP contribution in [0.25, 0.3) is 10.9 Å². The number of methoxy groups -OCH3 is 1. The molecule has 1 aliphatic rings. The molecule has 0 atom stereocenters. The fraction of sp³-hybridized carbons (Fsp3) is 0.500. The summed E-state index contributed by atoms with van der Waals surface area (Å²) in [6, 6.07) is 4.36. The van der Waals surface area contributed by atoms with E-state index in [9.17, 15) is 0 Å². The summed E-state index contributed by atoms with van der Waals surface area (Å²) < 4.78 is 5.69. The van der Waals surface area contributed by atoms with Crippen LogP contribution in [-0.4, -0.2) is 49.7 Å². The third-order valence-corrected chi connectivity index (χ3v) is 4.19. The number of ether oxygens (including phenoxy) is 1. The zero-order valence-corrected chi connectivity index (χ0v) is 12.3. The van der Waals surface area contributed by atoms with Crippen LogP contribution in [0.3, 0.4) is 0 Å². The minimum absolute atomic E-state index is 1.04. The SMILES string of the molecule is COc1c(CCN2CCNCC2)ccc2[nH]cc(C)c12. The van der Waals surface area contributed by atoms with E-state index >= 15 is 0 Å². The summed E-state index contributed by atoms with van der Waals surface area (Å²) >= 11 is 0. The number of aromatic nitrogens is 1. The normalized spacial score (nSPS) is 16.7. The van der Waals surface area contributed by atoms with Gasteiger partial charge in [-0.15, -0.1) is 0 Å². The number of nitrogens with zero attached hydrogens (tertiary/aromatic N) is 1. The highest BCUT2D eigenvalue weighted by molar-refractivity contribution is 5.90. The predicted molar refractivity (Wildman–Crippen MR) is 82.6 cm³/mol. The number of fused-ring (bicyclic) bond motifs is 1. The predicted octanol–water partition coefficient (Wildman–Crippen LogP) is 1.93. The van der Waals surface area contributed by atoms with E-state index in [-0.39, 0.29) is 0 Å². The second kappa shape index (κ2) is 5.85. The molecule has 1 fully saturated rings. The summed E-state index contributed by atoms with van der Waals surface area (Å²) in [5.41, 5.74) is 3.72. The van der Waals surface area contributed by atoms with E-state index in [0.29, 0.717) is 0 Å². The van der Waals surface area contributed by atoms with Crippen molar-refractivity contribution in [1.82, 2.24) is 15.2 Å². The van der Waals surface area contributed by atoms with Crippen LogP contribution in [0.15, 0.2) is 18.3 Å². The molecule has 1 aliphatic heterocycles. The lowest BCUT2D eigenvalue weighted by Crippen LogP contribution is -2.44. The number of hydrogen-bond donors (Lipinski definition) is 2. The van der Waals surface area contributed by atoms with E-state index < -0.39 is 0 Å². The van der Waals surface area contributed by atoms with Crippen molar-refractivity contribution in [3.8, 4) is 5.75 Å². The molecule has 3 rings (SSSR count). The van der Waals surface area contributed by atoms with Gasteiger partial charge in [-0.05, 0) is 30.5 Å². The quantitative estimate of drug-likeness (QED) is 0.894. The lowest BCUT2D eigenvalue weighted by Gasteiger charge is -2.27. The Morgan fingerprint density at radius 1 is 1.25 bits per heavy atom. The van der Waals surface area contributed by atoms with Gasteiger partial charge in [0, 0.05) is 49.8 Å². The molecule has 1 saturated heterocycles. The van der Waals surface area contributed by atoms with Gasteiger partial charge < -0.3 is 19.9 Å². The van der Waals surface area contributed by atoms with Gasteiger partial charge in [-0.3, -0.25) is 0 Å². The average molecular weight is 273 g/mol. The second-order valence-corrected chi connectivity index (χ2v) is 5.49. The highest BCUT2D eigenvalue weighted by Gasteiger charge is 2.14. The van der Waals surface area contributed by atoms with Gasteiger partial charge in [-0.25, -0.2) is 0 Å². The molecule has 0 amide bonds. The van der Waals surface area contributed by atoms with Gasteiger partial charge in [0.25, 0.3) is 0 Å². The standard InChI is InChI=1S/C16H23N3O/c1-12-11-18-14-4-3-13(16(20-2)15(12)14)5-8-19-9-6-17-7-10-19/h3-4,11,17-18H,5-10H2,1-2H3. The van der Waals surface area contributed by atoms with Gasteiger partial charge in [0.2, 0.25) is 0 Å². The molecule has 2 N–H and O–H groups in total. The Kier molecular flexibility index (Phi) is 3.94. The molecule has 4 nitrogen and oxygen atoms in total. The van der Waals surface area contributed by atoms with Crippen LogP contribution in [-0.2, 0) is 6.42 Å². The van der Waals surface area contributed by atoms with Crippen molar-refractivity contribution in [3.05, 3.63) is 29.5 Å². The fourth-order valence-corrected chi connectivity index (χ4v) is 3.04. The van der Waals surface area contributed by atoms with E-state index in [0.717, 1.165) is 50.4 Å². The molecule has 0 unspecified atom stereocenters. The van der Waals surface area contributed by atoms with Crippen LogP contribution < -0.4 is 10.1 Å². The number of aryl methyl sites for hydroxylation is 1. The summed E-state index contributed by atoms with van der Waals surface area (Å²) in [4.78, 5) is 5.81. The molecule has 4 heteroatoms. The highest BCUT2D eigenvalue weighted by atomic mass is 16.5. The number of piperazine rings is 1. The number of rotatable bonds is 4. The largest absolute Gasteiger partial charge is 0.496 e. The maximum absolute atomic E-state index is 5.69. The summed E-state index contributed by atoms with van der Waals surface area (Å²) in [7, 11) is 1.77. The molecule has 1 aromatic heterocycles. The topological polar surface area (TPSA) is 40.3 Å². The first-order valence-corrected chi connectivity index (χ1v) is 7.36. The Labute approximate surface area is 120 Å². The summed E-state index contributed by atoms with van der Waals surface area (Å²) in [5, 5.41) is 4.62. The van der Waals surface area contributed by atoms with Crippen LogP contribution >= 0.6 is 0 Å². The molecule has 2 heterocycles. The van der Waals surface area contributed by atoms with E-state index in [1.165, 1.54) is 16.5 Å². The lowest BCUT2D eigenvalue weighted by molar-refractivity contribution is 0.243. The minimum atomic E-state index is 1.04. The number of nitrogens with one attached hydrogen (secondary N) is 2. The first kappa shape index (κ1) is 13.5. The van der Waals surface area contributed by atoms with Crippen molar-refractivity contribution in [2.45, 2.75) is 13.3 Å². The van der Waals surface area contributed by atoms with Crippen LogP contribution in [0.1, 0.15) is 11.1 Å². The molecule has 1 aromatic carbocycles. The zero-order chi connectivity index (χ0) is 13.9. The third-order valence-electron chi connectivity index (χ3n) is 4.19. The van der Waals surface area contributed by atoms with E-state index in [4.69, 9.17) is 4.74 Å². The van der Waals surface area contributed by atoms with Crippen molar-refractivity contribution in [2.75, 3.05) is 39.8 Å². The molecule has 0 radical (unpaired) electrons. The van der Waals surface area contributed by atoms with Gasteiger partial charge in [-0.1, -0.05) is 6.07 Å². The molecule has 0 spiro atoms. The van der Waals surface area contributed by atoms with Crippen molar-refractivity contribution in [2.24, 2.45) is 0 Å². The lowest BCUT2D eigenvalue weighted by atomic mass is 10.0. The zero-order valence-electron chi connectivity index (χ0n) is 12.3. The number of benzene rings is 1. The van der Waals surface area contributed by atoms with Crippen molar-refractivity contribution >= 4 is 10.9 Å². The van der Waals surface area contributed by atoms with Crippen molar-refractivity contribution in [3.63, 3.8) is 0 Å². The monoisotopic (exact) mass is 273 g/mol. The van der Waals surface area contributed by atoms with E-state index in [1.54, 1.807) is 7.11 Å². The van der Waals surface area contributed by atoms with Gasteiger partial charge in [0.1, 0.15) is 5.75 Å². The molecule has 0 bridgehead atoms. The molecular weight excluding hydrogens is 250 g/mol. The molecular formula is C16H23N3O. The Bertz CT molecular complexity index is 585. The van der Waals surface area contributed by atoms with Gasteiger partial charge in [-0.2, -0.15) is 0 Å². The highest BCUT2D eigenvalue weighted by Crippen LogP contribution is 2.32. The molecule has 2 aromatic rings. The Balaban J connectivity index is 1.81. The molecule has 108 valence electrons. The smallest absolute Gasteiger partial charge is 0.131 e. The first-order chi connectivity index (χ1) is 9.79. The minimum Gasteiger partial charge on any atom is -0.496 e. The van der Waals surface area contributed by atoms with Gasteiger partial charge in [0.15, 0.2) is 0 Å². The van der Waals surface area contributed by atoms with Crippen molar-refractivity contribution < 1.29 is 4.74 Å². The van der Waals surface area contributed by atoms with Crippen LogP contribution in [0.2, 0.25) is 0 Å². The van der Waals surface area contributed by atoms with Gasteiger partial charge in [0.05, 0.1) is 7.11 Å². The van der Waals surface area contributed by atoms with Crippen LogP contribution in [0.4, 0.5) is 0 Å². The van der Waals surface area contributed by atoms with Crippen molar-refractivity contribution in [1.29, 1.82) is 0 Å². The van der Waals surface area contributed by atoms with E-state index in [1.807, 2.05) is 6.20 Å². The Morgan fingerprint density at radius 3 is 2.80 bits per heavy atom. The maximum Gasteiger partial charge on any atom is 0.131 e. The van der Waals surface area contributed by atoms with Crippen LogP contribution in [0.5, 0.6) is 5.75 Å². The summed E-state index contributed by atoms with van der Waals surface area (Å²) in [6.07, 6.45) is 3.09. The number of H-pyrrole nitrogens is 1. The maximum atomic E-state index is 5.69. The van der Waals surface area contributed by atoms with E-state index in [2.05, 4.69) is 34.3 Å². The third kappa shape index (κ3) is 2.53. The average Bonchev–Trinajstić information content (AvgIpc) is 2.87.